The molecule has 1 N–H and O–H groups in total. The molecule has 0 saturated heterocycles. The summed E-state index contributed by atoms with van der Waals surface area (Å²) in [7, 11) is 0. The standard InChI is InChI=1S/C18H12F2N2O/c19-14-8-9-17(20)16(10-14)18(23)22-21-11-13-6-3-5-12-4-1-2-7-15(12)13/h1-11H,(H,22,23)/b21-11+. The van der Waals surface area contributed by atoms with Crippen LogP contribution in [0, 0.1) is 11.6 Å². The second-order valence-corrected chi connectivity index (χ2v) is 4.89. The number of hydrogen-bond donors (Lipinski definition) is 1. The molecule has 0 unspecified atom stereocenters. The Morgan fingerprint density at radius 3 is 2.65 bits per heavy atom. The molecular formula is C18H12F2N2O. The second-order valence-electron chi connectivity index (χ2n) is 4.89. The number of nitrogens with zero attached hydrogens (tertiary/aromatic N) is 1. The molecule has 0 bridgehead atoms. The van der Waals surface area contributed by atoms with Gasteiger partial charge in [-0.2, -0.15) is 5.10 Å². The molecule has 0 atom stereocenters. The summed E-state index contributed by atoms with van der Waals surface area (Å²) in [5, 5.41) is 5.84. The van der Waals surface area contributed by atoms with Gasteiger partial charge in [-0.15, -0.1) is 0 Å². The van der Waals surface area contributed by atoms with Gasteiger partial charge in [0, 0.05) is 5.56 Å². The van der Waals surface area contributed by atoms with Crippen molar-refractivity contribution in [1.29, 1.82) is 0 Å². The molecule has 3 nitrogen and oxygen atoms in total. The summed E-state index contributed by atoms with van der Waals surface area (Å²) in [6.45, 7) is 0. The predicted molar refractivity (Wildman–Crippen MR) is 85.4 cm³/mol. The summed E-state index contributed by atoms with van der Waals surface area (Å²) < 4.78 is 26.6. The number of halogens is 2. The number of rotatable bonds is 3. The Hall–Kier alpha value is -3.08. The topological polar surface area (TPSA) is 41.5 Å². The molecule has 0 spiro atoms. The van der Waals surface area contributed by atoms with Crippen LogP contribution < -0.4 is 5.43 Å². The number of fused-ring (bicyclic) bond motifs is 1. The fourth-order valence-electron chi connectivity index (χ4n) is 2.26. The summed E-state index contributed by atoms with van der Waals surface area (Å²) in [5.74, 6) is -2.29. The van der Waals surface area contributed by atoms with Crippen LogP contribution in [-0.2, 0) is 0 Å². The monoisotopic (exact) mass is 310 g/mol. The molecule has 1 amide bonds. The highest BCUT2D eigenvalue weighted by Crippen LogP contribution is 2.16. The fraction of sp³-hybridized carbons (Fsp3) is 0. The van der Waals surface area contributed by atoms with Crippen molar-refractivity contribution in [2.75, 3.05) is 0 Å². The highest BCUT2D eigenvalue weighted by molar-refractivity contribution is 6.00. The van der Waals surface area contributed by atoms with Crippen LogP contribution in [0.3, 0.4) is 0 Å². The van der Waals surface area contributed by atoms with Crippen LogP contribution in [0.2, 0.25) is 0 Å². The summed E-state index contributed by atoms with van der Waals surface area (Å²) >= 11 is 0. The van der Waals surface area contributed by atoms with Gasteiger partial charge in [0.15, 0.2) is 0 Å². The lowest BCUT2D eigenvalue weighted by atomic mass is 10.1. The lowest BCUT2D eigenvalue weighted by molar-refractivity contribution is 0.0950. The number of carbonyl (C=O) groups is 1. The van der Waals surface area contributed by atoms with Gasteiger partial charge in [0.1, 0.15) is 11.6 Å². The maximum absolute atomic E-state index is 13.5. The van der Waals surface area contributed by atoms with Gasteiger partial charge >= 0.3 is 0 Å². The molecule has 0 aliphatic heterocycles. The normalized spacial score (nSPS) is 11.0. The quantitative estimate of drug-likeness (QED) is 0.579. The molecule has 3 aromatic rings. The number of benzene rings is 3. The van der Waals surface area contributed by atoms with E-state index < -0.39 is 17.5 Å². The first-order valence-electron chi connectivity index (χ1n) is 6.91. The molecule has 0 aliphatic rings. The third-order valence-electron chi connectivity index (χ3n) is 3.37. The molecule has 114 valence electrons. The van der Waals surface area contributed by atoms with Crippen LogP contribution in [0.4, 0.5) is 8.78 Å². The molecule has 0 saturated carbocycles. The van der Waals surface area contributed by atoms with Crippen molar-refractivity contribution in [2.45, 2.75) is 0 Å². The van der Waals surface area contributed by atoms with Gasteiger partial charge in [-0.3, -0.25) is 4.79 Å². The van der Waals surface area contributed by atoms with Crippen molar-refractivity contribution in [1.82, 2.24) is 5.43 Å². The van der Waals surface area contributed by atoms with Gasteiger partial charge in [-0.1, -0.05) is 42.5 Å². The first kappa shape index (κ1) is 14.8. The lowest BCUT2D eigenvalue weighted by Crippen LogP contribution is -2.19. The van der Waals surface area contributed by atoms with E-state index in [-0.39, 0.29) is 5.56 Å². The number of hydrogen-bond acceptors (Lipinski definition) is 2. The Balaban J connectivity index is 1.80. The van der Waals surface area contributed by atoms with Gasteiger partial charge in [-0.25, -0.2) is 14.2 Å². The number of carbonyl (C=O) groups excluding carboxylic acids is 1. The van der Waals surface area contributed by atoms with Crippen LogP contribution >= 0.6 is 0 Å². The van der Waals surface area contributed by atoms with E-state index in [0.717, 1.165) is 34.5 Å². The average molecular weight is 310 g/mol. The zero-order chi connectivity index (χ0) is 16.2. The minimum atomic E-state index is -0.807. The molecule has 0 aromatic heterocycles. The van der Waals surface area contributed by atoms with Crippen LogP contribution in [0.25, 0.3) is 10.8 Å². The second kappa shape index (κ2) is 6.36. The minimum absolute atomic E-state index is 0.389. The van der Waals surface area contributed by atoms with Crippen molar-refractivity contribution < 1.29 is 13.6 Å². The number of nitrogens with one attached hydrogen (secondary N) is 1. The summed E-state index contributed by atoms with van der Waals surface area (Å²) in [5.41, 5.74) is 2.62. The van der Waals surface area contributed by atoms with Gasteiger partial charge in [-0.05, 0) is 29.0 Å². The van der Waals surface area contributed by atoms with Crippen LogP contribution in [0.15, 0.2) is 65.8 Å². The van der Waals surface area contributed by atoms with E-state index in [1.807, 2.05) is 42.5 Å². The molecule has 3 rings (SSSR count). The summed E-state index contributed by atoms with van der Waals surface area (Å²) in [6.07, 6.45) is 1.47. The van der Waals surface area contributed by atoms with Gasteiger partial charge in [0.25, 0.3) is 5.91 Å². The Kier molecular flexibility index (Phi) is 4.10. The van der Waals surface area contributed by atoms with E-state index in [9.17, 15) is 13.6 Å². The Bertz CT molecular complexity index is 901. The van der Waals surface area contributed by atoms with Crippen molar-refractivity contribution in [3.8, 4) is 0 Å². The molecule has 23 heavy (non-hydrogen) atoms. The fourth-order valence-corrected chi connectivity index (χ4v) is 2.26. The Labute approximate surface area is 131 Å². The van der Waals surface area contributed by atoms with Crippen molar-refractivity contribution >= 4 is 22.9 Å². The van der Waals surface area contributed by atoms with Crippen molar-refractivity contribution in [3.05, 3.63) is 83.4 Å². The highest BCUT2D eigenvalue weighted by atomic mass is 19.1. The molecular weight excluding hydrogens is 298 g/mol. The first-order chi connectivity index (χ1) is 11.1. The maximum atomic E-state index is 13.5. The Morgan fingerprint density at radius 1 is 1.00 bits per heavy atom. The summed E-state index contributed by atoms with van der Waals surface area (Å²) in [6, 6.07) is 16.1. The average Bonchev–Trinajstić information content (AvgIpc) is 2.57. The number of amides is 1. The van der Waals surface area contributed by atoms with Gasteiger partial charge in [0.05, 0.1) is 11.8 Å². The number of hydrazone groups is 1. The maximum Gasteiger partial charge on any atom is 0.274 e. The van der Waals surface area contributed by atoms with Crippen molar-refractivity contribution in [2.24, 2.45) is 5.10 Å². The van der Waals surface area contributed by atoms with E-state index >= 15 is 0 Å². The smallest absolute Gasteiger partial charge is 0.267 e. The molecule has 0 radical (unpaired) electrons. The van der Waals surface area contributed by atoms with Crippen LogP contribution in [0.5, 0.6) is 0 Å². The van der Waals surface area contributed by atoms with Crippen LogP contribution in [-0.4, -0.2) is 12.1 Å². The first-order valence-corrected chi connectivity index (χ1v) is 6.91. The van der Waals surface area contributed by atoms with Gasteiger partial charge < -0.3 is 0 Å². The van der Waals surface area contributed by atoms with E-state index in [2.05, 4.69) is 10.5 Å². The molecule has 3 aromatic carbocycles. The molecule has 5 heteroatoms. The third-order valence-corrected chi connectivity index (χ3v) is 3.37. The molecule has 0 aliphatic carbocycles. The zero-order valence-electron chi connectivity index (χ0n) is 12.0. The van der Waals surface area contributed by atoms with E-state index in [1.165, 1.54) is 6.21 Å². The van der Waals surface area contributed by atoms with Crippen molar-refractivity contribution in [3.63, 3.8) is 0 Å². The third kappa shape index (κ3) is 3.23. The molecule has 0 heterocycles. The molecule has 0 fully saturated rings. The Morgan fingerprint density at radius 2 is 1.78 bits per heavy atom. The highest BCUT2D eigenvalue weighted by Gasteiger charge is 2.11. The van der Waals surface area contributed by atoms with Gasteiger partial charge in [0.2, 0.25) is 0 Å². The zero-order valence-corrected chi connectivity index (χ0v) is 12.0. The SMILES string of the molecule is O=C(N/N=C/c1cccc2ccccc12)c1cc(F)ccc1F. The van der Waals surface area contributed by atoms with E-state index in [0.29, 0.717) is 0 Å². The van der Waals surface area contributed by atoms with E-state index in [1.54, 1.807) is 0 Å². The van der Waals surface area contributed by atoms with E-state index in [4.69, 9.17) is 0 Å². The lowest BCUT2D eigenvalue weighted by Gasteiger charge is -2.03. The predicted octanol–water partition coefficient (Wildman–Crippen LogP) is 3.88. The summed E-state index contributed by atoms with van der Waals surface area (Å²) in [4.78, 5) is 11.8. The van der Waals surface area contributed by atoms with Crippen LogP contribution in [0.1, 0.15) is 15.9 Å². The largest absolute Gasteiger partial charge is 0.274 e. The minimum Gasteiger partial charge on any atom is -0.267 e.